The van der Waals surface area contributed by atoms with Gasteiger partial charge in [-0.15, -0.1) is 0 Å². The Labute approximate surface area is 248 Å². The van der Waals surface area contributed by atoms with E-state index in [0.717, 1.165) is 19.0 Å². The molecule has 4 aromatic rings. The molecule has 190 valence electrons. The van der Waals surface area contributed by atoms with Crippen molar-refractivity contribution in [2.75, 3.05) is 19.0 Å². The minimum Gasteiger partial charge on any atom is -0.493 e. The van der Waals surface area contributed by atoms with E-state index >= 15 is 0 Å². The minimum atomic E-state index is -0.472. The average Bonchev–Trinajstić information content (AvgIpc) is 3.29. The summed E-state index contributed by atoms with van der Waals surface area (Å²) in [5.41, 5.74) is 5.58. The largest absolute Gasteiger partial charge is 0.493 e. The van der Waals surface area contributed by atoms with E-state index in [4.69, 9.17) is 13.9 Å². The highest BCUT2D eigenvalue weighted by Crippen LogP contribution is 2.33. The third-order valence-corrected chi connectivity index (χ3v) is 7.13. The molecule has 0 aliphatic carbocycles. The Hall–Kier alpha value is -2.65. The van der Waals surface area contributed by atoms with E-state index < -0.39 is 5.91 Å². The third-order valence-electron chi connectivity index (χ3n) is 5.07. The highest BCUT2D eigenvalue weighted by atomic mass is 127. The molecule has 0 bridgehead atoms. The second kappa shape index (κ2) is 12.3. The SMILES string of the molecule is COc1cc(/C=N\NC(=O)c2cc3cc(Br)cc(I)c3o2)cc(I)c1OCC(=O)Nc1ccc(C)cc1. The number of nitrogens with one attached hydrogen (secondary N) is 2. The molecule has 0 aliphatic rings. The molecule has 0 spiro atoms. The van der Waals surface area contributed by atoms with E-state index in [0.29, 0.717) is 31.9 Å². The van der Waals surface area contributed by atoms with E-state index in [1.54, 1.807) is 18.2 Å². The number of hydrogen-bond acceptors (Lipinski definition) is 6. The Balaban J connectivity index is 1.39. The summed E-state index contributed by atoms with van der Waals surface area (Å²) in [6.45, 7) is 1.79. The van der Waals surface area contributed by atoms with Gasteiger partial charge in [-0.2, -0.15) is 5.10 Å². The zero-order valence-corrected chi connectivity index (χ0v) is 25.5. The summed E-state index contributed by atoms with van der Waals surface area (Å²) >= 11 is 7.69. The second-order valence-electron chi connectivity index (χ2n) is 7.85. The van der Waals surface area contributed by atoms with Gasteiger partial charge in [0.05, 0.1) is 20.5 Å². The average molecular weight is 788 g/mol. The second-order valence-corrected chi connectivity index (χ2v) is 11.1. The molecule has 0 saturated carbocycles. The van der Waals surface area contributed by atoms with Crippen LogP contribution in [0, 0.1) is 14.1 Å². The van der Waals surface area contributed by atoms with E-state index in [2.05, 4.69) is 77.0 Å². The lowest BCUT2D eigenvalue weighted by Gasteiger charge is -2.13. The van der Waals surface area contributed by atoms with Gasteiger partial charge in [0.2, 0.25) is 0 Å². The Morgan fingerprint density at radius 3 is 2.57 bits per heavy atom. The molecule has 0 fully saturated rings. The first-order chi connectivity index (χ1) is 17.7. The first-order valence-electron chi connectivity index (χ1n) is 10.8. The third kappa shape index (κ3) is 7.02. The number of anilines is 1. The number of aryl methyl sites for hydroxylation is 1. The number of hydrazone groups is 1. The van der Waals surface area contributed by atoms with Crippen molar-refractivity contribution in [1.82, 2.24) is 5.43 Å². The van der Waals surface area contributed by atoms with Crippen molar-refractivity contribution in [1.29, 1.82) is 0 Å². The smallest absolute Gasteiger partial charge is 0.307 e. The van der Waals surface area contributed by atoms with Gasteiger partial charge in [-0.1, -0.05) is 33.6 Å². The fraction of sp³-hybridized carbons (Fsp3) is 0.115. The van der Waals surface area contributed by atoms with Crippen LogP contribution in [0.2, 0.25) is 0 Å². The summed E-state index contributed by atoms with van der Waals surface area (Å²) < 4.78 is 19.4. The van der Waals surface area contributed by atoms with Crippen LogP contribution in [0.15, 0.2) is 68.6 Å². The number of methoxy groups -OCH3 is 1. The molecule has 2 amide bonds. The van der Waals surface area contributed by atoms with Crippen LogP contribution in [0.1, 0.15) is 21.7 Å². The summed E-state index contributed by atoms with van der Waals surface area (Å²) in [5.74, 6) is 0.262. The van der Waals surface area contributed by atoms with Crippen LogP contribution in [0.4, 0.5) is 5.69 Å². The quantitative estimate of drug-likeness (QED) is 0.121. The van der Waals surface area contributed by atoms with Gasteiger partial charge in [0.15, 0.2) is 23.9 Å². The van der Waals surface area contributed by atoms with Crippen molar-refractivity contribution in [3.8, 4) is 11.5 Å². The molecule has 0 saturated heterocycles. The molecule has 2 N–H and O–H groups in total. The van der Waals surface area contributed by atoms with E-state index in [9.17, 15) is 9.59 Å². The number of rotatable bonds is 8. The highest BCUT2D eigenvalue weighted by molar-refractivity contribution is 14.1. The maximum Gasteiger partial charge on any atom is 0.307 e. The summed E-state index contributed by atoms with van der Waals surface area (Å²) in [6.07, 6.45) is 1.49. The Morgan fingerprint density at radius 2 is 1.84 bits per heavy atom. The first-order valence-corrected chi connectivity index (χ1v) is 13.8. The number of halogens is 3. The molecule has 0 radical (unpaired) electrons. The molecule has 1 heterocycles. The van der Waals surface area contributed by atoms with Gasteiger partial charge >= 0.3 is 5.91 Å². The number of nitrogens with zero attached hydrogens (tertiary/aromatic N) is 1. The highest BCUT2D eigenvalue weighted by Gasteiger charge is 2.15. The van der Waals surface area contributed by atoms with Crippen LogP contribution < -0.4 is 20.2 Å². The number of carbonyl (C=O) groups excluding carboxylic acids is 2. The lowest BCUT2D eigenvalue weighted by molar-refractivity contribution is -0.118. The number of hydrogen-bond donors (Lipinski definition) is 2. The standard InChI is InChI=1S/C26H20BrI2N3O5/c1-14-3-5-18(6-4-14)31-23(33)13-36-25-19(28)7-15(8-21(25)35-2)12-30-32-26(34)22-10-16-9-17(27)11-20(29)24(16)37-22/h3-12H,13H2,1-2H3,(H,31,33)(H,32,34)/b30-12-. The Bertz CT molecular complexity index is 1500. The van der Waals surface area contributed by atoms with Gasteiger partial charge in [0.25, 0.3) is 5.91 Å². The van der Waals surface area contributed by atoms with Crippen molar-refractivity contribution < 1.29 is 23.5 Å². The number of benzene rings is 3. The number of ether oxygens (including phenoxy) is 2. The number of carbonyl (C=O) groups is 2. The first kappa shape index (κ1) is 27.4. The van der Waals surface area contributed by atoms with Gasteiger partial charge in [0.1, 0.15) is 5.58 Å². The van der Waals surface area contributed by atoms with Gasteiger partial charge in [-0.3, -0.25) is 9.59 Å². The van der Waals surface area contributed by atoms with Gasteiger partial charge in [-0.25, -0.2) is 5.43 Å². The molecule has 0 unspecified atom stereocenters. The Morgan fingerprint density at radius 1 is 1.08 bits per heavy atom. The molecule has 4 rings (SSSR count). The normalized spacial score (nSPS) is 11.1. The fourth-order valence-electron chi connectivity index (χ4n) is 3.33. The van der Waals surface area contributed by atoms with Crippen molar-refractivity contribution in [2.45, 2.75) is 6.92 Å². The number of furan rings is 1. The van der Waals surface area contributed by atoms with E-state index in [-0.39, 0.29) is 18.3 Å². The van der Waals surface area contributed by atoms with E-state index in [1.165, 1.54) is 13.3 Å². The van der Waals surface area contributed by atoms with Gasteiger partial charge in [-0.05, 0) is 100 Å². The number of amides is 2. The molecular formula is C26H20BrI2N3O5. The topological polar surface area (TPSA) is 102 Å². The maximum atomic E-state index is 12.5. The molecule has 0 atom stereocenters. The predicted octanol–water partition coefficient (Wildman–Crippen LogP) is 6.50. The van der Waals surface area contributed by atoms with Crippen LogP contribution in [0.5, 0.6) is 11.5 Å². The van der Waals surface area contributed by atoms with Crippen LogP contribution in [-0.2, 0) is 4.79 Å². The van der Waals surface area contributed by atoms with Crippen LogP contribution in [0.3, 0.4) is 0 Å². The zero-order valence-electron chi connectivity index (χ0n) is 19.6. The predicted molar refractivity (Wildman–Crippen MR) is 163 cm³/mol. The molecular weight excluding hydrogens is 768 g/mol. The molecule has 1 aromatic heterocycles. The van der Waals surface area contributed by atoms with Crippen LogP contribution in [0.25, 0.3) is 11.0 Å². The maximum absolute atomic E-state index is 12.5. The molecule has 3 aromatic carbocycles. The van der Waals surface area contributed by atoms with Crippen LogP contribution in [-0.4, -0.2) is 31.7 Å². The van der Waals surface area contributed by atoms with E-state index in [1.807, 2.05) is 43.3 Å². The monoisotopic (exact) mass is 787 g/mol. The zero-order chi connectivity index (χ0) is 26.5. The molecule has 8 nitrogen and oxygen atoms in total. The summed E-state index contributed by atoms with van der Waals surface area (Å²) in [7, 11) is 1.51. The molecule has 37 heavy (non-hydrogen) atoms. The van der Waals surface area contributed by atoms with Crippen molar-refractivity contribution in [2.24, 2.45) is 5.10 Å². The van der Waals surface area contributed by atoms with Crippen LogP contribution >= 0.6 is 61.1 Å². The lowest BCUT2D eigenvalue weighted by Crippen LogP contribution is -2.20. The van der Waals surface area contributed by atoms with Crippen molar-refractivity contribution >= 4 is 95.8 Å². The fourth-order valence-corrected chi connectivity index (χ4v) is 5.78. The summed E-state index contributed by atoms with van der Waals surface area (Å²) in [6, 6.07) is 16.5. The lowest BCUT2D eigenvalue weighted by atomic mass is 10.2. The summed E-state index contributed by atoms with van der Waals surface area (Å²) in [5, 5.41) is 7.65. The number of fused-ring (bicyclic) bond motifs is 1. The molecule has 11 heteroatoms. The van der Waals surface area contributed by atoms with Gasteiger partial charge in [0, 0.05) is 15.5 Å². The summed E-state index contributed by atoms with van der Waals surface area (Å²) in [4.78, 5) is 24.8. The molecule has 0 aliphatic heterocycles. The Kier molecular flexibility index (Phi) is 9.08. The van der Waals surface area contributed by atoms with Crippen molar-refractivity contribution in [3.05, 3.63) is 83.1 Å². The van der Waals surface area contributed by atoms with Gasteiger partial charge < -0.3 is 19.2 Å². The minimum absolute atomic E-state index is 0.156. The van der Waals surface area contributed by atoms with Crippen molar-refractivity contribution in [3.63, 3.8) is 0 Å².